The third-order valence-electron chi connectivity index (χ3n) is 3.63. The highest BCUT2D eigenvalue weighted by Crippen LogP contribution is 2.23. The van der Waals surface area contributed by atoms with Gasteiger partial charge in [0.15, 0.2) is 5.78 Å². The molecule has 2 aromatic rings. The van der Waals surface area contributed by atoms with E-state index < -0.39 is 0 Å². The first kappa shape index (κ1) is 17.8. The van der Waals surface area contributed by atoms with Gasteiger partial charge < -0.3 is 9.47 Å². The van der Waals surface area contributed by atoms with Crippen LogP contribution >= 0.6 is 0 Å². The Bertz CT molecular complexity index is 717. The smallest absolute Gasteiger partial charge is 0.185 e. The Hall–Kier alpha value is -2.55. The summed E-state index contributed by atoms with van der Waals surface area (Å²) in [5.41, 5.74) is 2.75. The first-order chi connectivity index (χ1) is 11.7. The molecule has 0 aliphatic heterocycles. The van der Waals surface area contributed by atoms with Crippen molar-refractivity contribution in [2.45, 2.75) is 27.2 Å². The second-order valence-corrected chi connectivity index (χ2v) is 5.32. The molecule has 0 amide bonds. The van der Waals surface area contributed by atoms with Crippen LogP contribution in [-0.2, 0) is 6.42 Å². The van der Waals surface area contributed by atoms with E-state index in [4.69, 9.17) is 9.47 Å². The van der Waals surface area contributed by atoms with E-state index in [2.05, 4.69) is 19.1 Å². The molecule has 0 radical (unpaired) electrons. The molecule has 0 heterocycles. The van der Waals surface area contributed by atoms with Gasteiger partial charge in [-0.3, -0.25) is 4.79 Å². The predicted octanol–water partition coefficient (Wildman–Crippen LogP) is 4.94. The molecule has 3 nitrogen and oxygen atoms in total. The molecule has 0 bridgehead atoms. The predicted molar refractivity (Wildman–Crippen MR) is 98.0 cm³/mol. The lowest BCUT2D eigenvalue weighted by Crippen LogP contribution is -1.98. The maximum Gasteiger partial charge on any atom is 0.185 e. The molecule has 0 saturated carbocycles. The van der Waals surface area contributed by atoms with Crippen LogP contribution in [0.4, 0.5) is 0 Å². The van der Waals surface area contributed by atoms with E-state index in [1.165, 1.54) is 5.56 Å². The molecule has 0 aromatic heterocycles. The summed E-state index contributed by atoms with van der Waals surface area (Å²) >= 11 is 0. The van der Waals surface area contributed by atoms with E-state index in [0.717, 1.165) is 17.7 Å². The lowest BCUT2D eigenvalue weighted by atomic mass is 10.1. The van der Waals surface area contributed by atoms with Crippen LogP contribution < -0.4 is 9.47 Å². The molecule has 0 unspecified atom stereocenters. The number of hydrogen-bond acceptors (Lipinski definition) is 3. The Morgan fingerprint density at radius 1 is 1.00 bits per heavy atom. The van der Waals surface area contributed by atoms with Crippen LogP contribution in [0.3, 0.4) is 0 Å². The van der Waals surface area contributed by atoms with Gasteiger partial charge >= 0.3 is 0 Å². The van der Waals surface area contributed by atoms with Crippen molar-refractivity contribution in [2.75, 3.05) is 13.2 Å². The number of ether oxygens (including phenoxy) is 2. The van der Waals surface area contributed by atoms with Crippen LogP contribution in [0.2, 0.25) is 0 Å². The molecule has 24 heavy (non-hydrogen) atoms. The van der Waals surface area contributed by atoms with Crippen molar-refractivity contribution in [3.05, 3.63) is 65.2 Å². The molecule has 2 rings (SSSR count). The second kappa shape index (κ2) is 8.92. The maximum atomic E-state index is 12.4. The van der Waals surface area contributed by atoms with E-state index in [0.29, 0.717) is 24.5 Å². The topological polar surface area (TPSA) is 35.5 Å². The average molecular weight is 324 g/mol. The molecule has 0 atom stereocenters. The maximum absolute atomic E-state index is 12.4. The zero-order chi connectivity index (χ0) is 17.4. The number of carbonyl (C=O) groups excluding carboxylic acids is 1. The van der Waals surface area contributed by atoms with E-state index in [-0.39, 0.29) is 5.78 Å². The number of hydrogen-bond donors (Lipinski definition) is 0. The Labute approximate surface area is 143 Å². The number of aryl methyl sites for hydroxylation is 1. The lowest BCUT2D eigenvalue weighted by molar-refractivity contribution is 0.104. The van der Waals surface area contributed by atoms with Crippen molar-refractivity contribution in [1.29, 1.82) is 0 Å². The monoisotopic (exact) mass is 324 g/mol. The van der Waals surface area contributed by atoms with Crippen LogP contribution in [0.5, 0.6) is 11.5 Å². The lowest BCUT2D eigenvalue weighted by Gasteiger charge is -2.09. The molecule has 0 N–H and O–H groups in total. The number of allylic oxidation sites excluding steroid dienone is 1. The molecule has 0 aliphatic rings. The first-order valence-electron chi connectivity index (χ1n) is 8.38. The highest BCUT2D eigenvalue weighted by molar-refractivity contribution is 6.07. The van der Waals surface area contributed by atoms with E-state index in [1.54, 1.807) is 18.2 Å². The van der Waals surface area contributed by atoms with Crippen molar-refractivity contribution in [2.24, 2.45) is 0 Å². The number of rotatable bonds is 8. The van der Waals surface area contributed by atoms with E-state index in [9.17, 15) is 4.79 Å². The van der Waals surface area contributed by atoms with Gasteiger partial charge in [0, 0.05) is 11.1 Å². The van der Waals surface area contributed by atoms with Gasteiger partial charge in [-0.05, 0) is 62.2 Å². The normalized spacial score (nSPS) is 10.8. The summed E-state index contributed by atoms with van der Waals surface area (Å²) in [5.74, 6) is 1.45. The van der Waals surface area contributed by atoms with Crippen LogP contribution in [0, 0.1) is 0 Å². The Kier molecular flexibility index (Phi) is 6.62. The molecule has 126 valence electrons. The van der Waals surface area contributed by atoms with Gasteiger partial charge in [0.25, 0.3) is 0 Å². The molecule has 0 spiro atoms. The fourth-order valence-corrected chi connectivity index (χ4v) is 2.40. The summed E-state index contributed by atoms with van der Waals surface area (Å²) in [6.45, 7) is 7.15. The number of ketones is 1. The quantitative estimate of drug-likeness (QED) is 0.509. The second-order valence-electron chi connectivity index (χ2n) is 5.32. The summed E-state index contributed by atoms with van der Waals surface area (Å²) in [7, 11) is 0. The molecule has 0 aliphatic carbocycles. The standard InChI is InChI=1S/C21H24O3/c1-4-16-10-13-21(24-6-3)18(14-16)11-12-20(22)17-8-7-9-19(15-17)23-5-2/h7-15H,4-6H2,1-3H3. The highest BCUT2D eigenvalue weighted by Gasteiger charge is 2.06. The molecule has 2 aromatic carbocycles. The van der Waals surface area contributed by atoms with Crippen molar-refractivity contribution < 1.29 is 14.3 Å². The Morgan fingerprint density at radius 3 is 2.50 bits per heavy atom. The number of carbonyl (C=O) groups is 1. The average Bonchev–Trinajstić information content (AvgIpc) is 2.61. The zero-order valence-electron chi connectivity index (χ0n) is 14.5. The SMILES string of the molecule is CCOc1cccc(C(=O)C=Cc2cc(CC)ccc2OCC)c1. The van der Waals surface area contributed by atoms with Crippen LogP contribution in [0.15, 0.2) is 48.5 Å². The number of benzene rings is 2. The zero-order valence-corrected chi connectivity index (χ0v) is 14.5. The molecular weight excluding hydrogens is 300 g/mol. The van der Waals surface area contributed by atoms with Gasteiger partial charge in [0.2, 0.25) is 0 Å². The fourth-order valence-electron chi connectivity index (χ4n) is 2.40. The van der Waals surface area contributed by atoms with Gasteiger partial charge in [0.05, 0.1) is 13.2 Å². The third kappa shape index (κ3) is 4.72. The first-order valence-corrected chi connectivity index (χ1v) is 8.38. The van der Waals surface area contributed by atoms with Crippen LogP contribution in [0.25, 0.3) is 6.08 Å². The van der Waals surface area contributed by atoms with Gasteiger partial charge in [-0.2, -0.15) is 0 Å². The summed E-state index contributed by atoms with van der Waals surface area (Å²) in [6, 6.07) is 13.3. The van der Waals surface area contributed by atoms with Crippen molar-refractivity contribution in [3.63, 3.8) is 0 Å². The van der Waals surface area contributed by atoms with Crippen molar-refractivity contribution >= 4 is 11.9 Å². The van der Waals surface area contributed by atoms with Crippen molar-refractivity contribution in [1.82, 2.24) is 0 Å². The highest BCUT2D eigenvalue weighted by atomic mass is 16.5. The van der Waals surface area contributed by atoms with Gasteiger partial charge in [0.1, 0.15) is 11.5 Å². The largest absolute Gasteiger partial charge is 0.494 e. The molecule has 0 saturated heterocycles. The molecule has 3 heteroatoms. The third-order valence-corrected chi connectivity index (χ3v) is 3.63. The minimum atomic E-state index is -0.0547. The summed E-state index contributed by atoms with van der Waals surface area (Å²) in [4.78, 5) is 12.4. The van der Waals surface area contributed by atoms with Gasteiger partial charge in [-0.25, -0.2) is 0 Å². The van der Waals surface area contributed by atoms with Crippen LogP contribution in [0.1, 0.15) is 42.3 Å². The minimum Gasteiger partial charge on any atom is -0.494 e. The Morgan fingerprint density at radius 2 is 1.79 bits per heavy atom. The van der Waals surface area contributed by atoms with Crippen LogP contribution in [-0.4, -0.2) is 19.0 Å². The Balaban J connectivity index is 2.23. The summed E-state index contributed by atoms with van der Waals surface area (Å²) in [5, 5.41) is 0. The molecular formula is C21H24O3. The van der Waals surface area contributed by atoms with Gasteiger partial charge in [-0.1, -0.05) is 25.1 Å². The molecule has 0 fully saturated rings. The van der Waals surface area contributed by atoms with Gasteiger partial charge in [-0.15, -0.1) is 0 Å². The summed E-state index contributed by atoms with van der Waals surface area (Å²) in [6.07, 6.45) is 4.35. The minimum absolute atomic E-state index is 0.0547. The fraction of sp³-hybridized carbons (Fsp3) is 0.286. The van der Waals surface area contributed by atoms with E-state index in [1.807, 2.05) is 38.1 Å². The summed E-state index contributed by atoms with van der Waals surface area (Å²) < 4.78 is 11.1. The van der Waals surface area contributed by atoms with E-state index >= 15 is 0 Å². The van der Waals surface area contributed by atoms with Crippen molar-refractivity contribution in [3.8, 4) is 11.5 Å².